The first-order valence-electron chi connectivity index (χ1n) is 10.9. The molecule has 3 aromatic carbocycles. The standard InChI is InChI=1S/C27H28N2O4/c1-17-9-14-21(18(2)15-17)24(27(31)33-4)28-25-22-7-5-6-8-23(22)26(30)29(25)16-19-10-12-20(32-3)13-11-19/h5-15,24-25,28H,16H2,1-4H3/t24-,25-/m0/s1. The van der Waals surface area contributed by atoms with Crippen molar-refractivity contribution in [2.24, 2.45) is 0 Å². The van der Waals surface area contributed by atoms with Gasteiger partial charge in [0.15, 0.2) is 0 Å². The van der Waals surface area contributed by atoms with Crippen LogP contribution in [0.1, 0.15) is 50.4 Å². The zero-order valence-corrected chi connectivity index (χ0v) is 19.3. The van der Waals surface area contributed by atoms with Crippen LogP contribution in [0.5, 0.6) is 5.75 Å². The van der Waals surface area contributed by atoms with Crippen molar-refractivity contribution in [3.05, 3.63) is 100 Å². The molecule has 0 fully saturated rings. The SMILES string of the molecule is COC(=O)[C@@H](N[C@@H]1c2ccccc2C(=O)N1Cc1ccc(OC)cc1)c1ccc(C)cc1C. The molecule has 0 saturated heterocycles. The van der Waals surface area contributed by atoms with Gasteiger partial charge in [-0.15, -0.1) is 0 Å². The number of aryl methyl sites for hydroxylation is 2. The van der Waals surface area contributed by atoms with E-state index in [1.165, 1.54) is 7.11 Å². The van der Waals surface area contributed by atoms with Gasteiger partial charge >= 0.3 is 5.97 Å². The van der Waals surface area contributed by atoms with Crippen LogP contribution in [0.4, 0.5) is 0 Å². The summed E-state index contributed by atoms with van der Waals surface area (Å²) >= 11 is 0. The summed E-state index contributed by atoms with van der Waals surface area (Å²) in [6, 6.07) is 20.4. The van der Waals surface area contributed by atoms with Gasteiger partial charge in [0.25, 0.3) is 5.91 Å². The molecule has 1 N–H and O–H groups in total. The lowest BCUT2D eigenvalue weighted by Crippen LogP contribution is -2.41. The largest absolute Gasteiger partial charge is 0.497 e. The predicted octanol–water partition coefficient (Wildman–Crippen LogP) is 4.47. The minimum absolute atomic E-state index is 0.0804. The summed E-state index contributed by atoms with van der Waals surface area (Å²) in [5.74, 6) is 0.274. The van der Waals surface area contributed by atoms with Crippen LogP contribution in [0.2, 0.25) is 0 Å². The smallest absolute Gasteiger partial charge is 0.327 e. The Morgan fingerprint density at radius 2 is 1.76 bits per heavy atom. The van der Waals surface area contributed by atoms with E-state index < -0.39 is 18.2 Å². The van der Waals surface area contributed by atoms with Gasteiger partial charge in [0, 0.05) is 17.7 Å². The van der Waals surface area contributed by atoms with Crippen molar-refractivity contribution in [2.45, 2.75) is 32.6 Å². The van der Waals surface area contributed by atoms with E-state index >= 15 is 0 Å². The predicted molar refractivity (Wildman–Crippen MR) is 126 cm³/mol. The Bertz CT molecular complexity index is 1170. The maximum Gasteiger partial charge on any atom is 0.327 e. The maximum atomic E-state index is 13.3. The highest BCUT2D eigenvalue weighted by molar-refractivity contribution is 5.99. The summed E-state index contributed by atoms with van der Waals surface area (Å²) in [6.45, 7) is 4.37. The number of benzene rings is 3. The van der Waals surface area contributed by atoms with Gasteiger partial charge in [-0.3, -0.25) is 10.1 Å². The van der Waals surface area contributed by atoms with E-state index in [0.29, 0.717) is 12.1 Å². The summed E-state index contributed by atoms with van der Waals surface area (Å²) in [4.78, 5) is 28.0. The Labute approximate surface area is 194 Å². The monoisotopic (exact) mass is 444 g/mol. The molecule has 170 valence electrons. The Hall–Kier alpha value is -3.64. The molecule has 6 nitrogen and oxygen atoms in total. The molecule has 0 aliphatic carbocycles. The average Bonchev–Trinajstić information content (AvgIpc) is 3.09. The summed E-state index contributed by atoms with van der Waals surface area (Å²) < 4.78 is 10.4. The van der Waals surface area contributed by atoms with Crippen LogP contribution >= 0.6 is 0 Å². The highest BCUT2D eigenvalue weighted by atomic mass is 16.5. The number of hydrogen-bond donors (Lipinski definition) is 1. The normalized spacial score (nSPS) is 15.8. The number of ether oxygens (including phenoxy) is 2. The first-order chi connectivity index (χ1) is 15.9. The highest BCUT2D eigenvalue weighted by Gasteiger charge is 2.39. The number of esters is 1. The van der Waals surface area contributed by atoms with Crippen LogP contribution in [0.3, 0.4) is 0 Å². The van der Waals surface area contributed by atoms with E-state index in [9.17, 15) is 9.59 Å². The van der Waals surface area contributed by atoms with Gasteiger partial charge in [0.2, 0.25) is 0 Å². The molecule has 33 heavy (non-hydrogen) atoms. The molecule has 3 aromatic rings. The zero-order chi connectivity index (χ0) is 23.5. The van der Waals surface area contributed by atoms with E-state index in [2.05, 4.69) is 5.32 Å². The quantitative estimate of drug-likeness (QED) is 0.545. The molecule has 0 saturated carbocycles. The Kier molecular flexibility index (Phi) is 6.47. The summed E-state index contributed by atoms with van der Waals surface area (Å²) in [7, 11) is 3.00. The van der Waals surface area contributed by atoms with Crippen LogP contribution in [-0.4, -0.2) is 31.0 Å². The minimum atomic E-state index is -0.724. The first-order valence-corrected chi connectivity index (χ1v) is 10.9. The number of nitrogens with one attached hydrogen (secondary N) is 1. The van der Waals surface area contributed by atoms with Crippen molar-refractivity contribution >= 4 is 11.9 Å². The number of amides is 1. The lowest BCUT2D eigenvalue weighted by atomic mass is 9.98. The molecule has 0 bridgehead atoms. The second-order valence-electron chi connectivity index (χ2n) is 8.25. The van der Waals surface area contributed by atoms with Gasteiger partial charge in [-0.1, -0.05) is 54.1 Å². The second kappa shape index (κ2) is 9.46. The lowest BCUT2D eigenvalue weighted by Gasteiger charge is -2.30. The molecule has 4 rings (SSSR count). The van der Waals surface area contributed by atoms with Crippen molar-refractivity contribution in [1.82, 2.24) is 10.2 Å². The van der Waals surface area contributed by atoms with Crippen molar-refractivity contribution in [3.8, 4) is 5.75 Å². The van der Waals surface area contributed by atoms with Gasteiger partial charge in [0.1, 0.15) is 18.0 Å². The molecule has 2 atom stereocenters. The molecule has 0 radical (unpaired) electrons. The number of carbonyl (C=O) groups is 2. The number of rotatable bonds is 7. The number of carbonyl (C=O) groups excluding carboxylic acids is 2. The third-order valence-electron chi connectivity index (χ3n) is 6.07. The summed E-state index contributed by atoms with van der Waals surface area (Å²) in [5.41, 5.74) is 5.36. The average molecular weight is 445 g/mol. The molecule has 1 amide bonds. The minimum Gasteiger partial charge on any atom is -0.497 e. The molecule has 1 heterocycles. The number of hydrogen-bond acceptors (Lipinski definition) is 5. The van der Waals surface area contributed by atoms with E-state index in [1.807, 2.05) is 80.6 Å². The third-order valence-corrected chi connectivity index (χ3v) is 6.07. The Balaban J connectivity index is 1.71. The fourth-order valence-corrected chi connectivity index (χ4v) is 4.35. The number of fused-ring (bicyclic) bond motifs is 1. The number of nitrogens with zero attached hydrogens (tertiary/aromatic N) is 1. The van der Waals surface area contributed by atoms with Crippen molar-refractivity contribution in [1.29, 1.82) is 0 Å². The fraction of sp³-hybridized carbons (Fsp3) is 0.259. The molecule has 0 aromatic heterocycles. The van der Waals surface area contributed by atoms with Gasteiger partial charge < -0.3 is 14.4 Å². The Morgan fingerprint density at radius 3 is 2.42 bits per heavy atom. The Morgan fingerprint density at radius 1 is 1.03 bits per heavy atom. The van der Waals surface area contributed by atoms with Crippen LogP contribution in [0.25, 0.3) is 0 Å². The first kappa shape index (κ1) is 22.6. The zero-order valence-electron chi connectivity index (χ0n) is 19.3. The molecular weight excluding hydrogens is 416 g/mol. The van der Waals surface area contributed by atoms with E-state index in [1.54, 1.807) is 12.0 Å². The highest BCUT2D eigenvalue weighted by Crippen LogP contribution is 2.35. The van der Waals surface area contributed by atoms with Crippen LogP contribution in [0.15, 0.2) is 66.7 Å². The second-order valence-corrected chi connectivity index (χ2v) is 8.25. The van der Waals surface area contributed by atoms with Crippen molar-refractivity contribution in [3.63, 3.8) is 0 Å². The molecule has 0 unspecified atom stereocenters. The third kappa shape index (κ3) is 4.47. The molecule has 6 heteroatoms. The molecular formula is C27H28N2O4. The summed E-state index contributed by atoms with van der Waals surface area (Å²) in [6.07, 6.45) is -0.486. The molecule has 1 aliphatic heterocycles. The topological polar surface area (TPSA) is 67.9 Å². The van der Waals surface area contributed by atoms with Gasteiger partial charge in [-0.25, -0.2) is 4.79 Å². The van der Waals surface area contributed by atoms with Crippen LogP contribution in [-0.2, 0) is 16.1 Å². The van der Waals surface area contributed by atoms with Gasteiger partial charge in [0.05, 0.1) is 14.2 Å². The molecule has 1 aliphatic rings. The van der Waals surface area contributed by atoms with E-state index in [0.717, 1.165) is 33.6 Å². The number of methoxy groups -OCH3 is 2. The maximum absolute atomic E-state index is 13.3. The van der Waals surface area contributed by atoms with Gasteiger partial charge in [-0.2, -0.15) is 0 Å². The van der Waals surface area contributed by atoms with E-state index in [4.69, 9.17) is 9.47 Å². The molecule has 0 spiro atoms. The lowest BCUT2D eigenvalue weighted by molar-refractivity contribution is -0.144. The van der Waals surface area contributed by atoms with Gasteiger partial charge in [-0.05, 0) is 48.7 Å². The van der Waals surface area contributed by atoms with Crippen molar-refractivity contribution < 1.29 is 19.1 Å². The fourth-order valence-electron chi connectivity index (χ4n) is 4.35. The van der Waals surface area contributed by atoms with Crippen LogP contribution < -0.4 is 10.1 Å². The van der Waals surface area contributed by atoms with Crippen molar-refractivity contribution in [2.75, 3.05) is 14.2 Å². The van der Waals surface area contributed by atoms with Crippen LogP contribution in [0, 0.1) is 13.8 Å². The summed E-state index contributed by atoms with van der Waals surface area (Å²) in [5, 5.41) is 3.43. The van der Waals surface area contributed by atoms with E-state index in [-0.39, 0.29) is 5.91 Å².